The SMILES string of the molecule is CC(C)[C@@H](CC(=O)O)C1CCCC(=O)C1. The van der Waals surface area contributed by atoms with Crippen LogP contribution >= 0.6 is 0 Å². The van der Waals surface area contributed by atoms with E-state index in [1.165, 1.54) is 0 Å². The first kappa shape index (κ1) is 12.2. The molecule has 0 heterocycles. The minimum atomic E-state index is -0.744. The van der Waals surface area contributed by atoms with Crippen molar-refractivity contribution in [3.8, 4) is 0 Å². The summed E-state index contributed by atoms with van der Waals surface area (Å²) in [6.45, 7) is 4.10. The smallest absolute Gasteiger partial charge is 0.303 e. The Hall–Kier alpha value is -0.860. The van der Waals surface area contributed by atoms with Gasteiger partial charge in [-0.05, 0) is 30.6 Å². The molecule has 1 aliphatic carbocycles. The van der Waals surface area contributed by atoms with Crippen LogP contribution in [0.1, 0.15) is 46.0 Å². The molecule has 0 aromatic carbocycles. The molecule has 0 saturated heterocycles. The van der Waals surface area contributed by atoms with Gasteiger partial charge in [0, 0.05) is 19.3 Å². The molecule has 3 nitrogen and oxygen atoms in total. The van der Waals surface area contributed by atoms with Crippen LogP contribution in [0, 0.1) is 17.8 Å². The predicted molar refractivity (Wildman–Crippen MR) is 57.5 cm³/mol. The third-order valence-corrected chi connectivity index (χ3v) is 3.39. The Morgan fingerprint density at radius 3 is 2.67 bits per heavy atom. The first-order chi connectivity index (χ1) is 7.00. The van der Waals surface area contributed by atoms with Gasteiger partial charge < -0.3 is 5.11 Å². The van der Waals surface area contributed by atoms with Crippen LogP contribution in [0.5, 0.6) is 0 Å². The topological polar surface area (TPSA) is 54.4 Å². The first-order valence-electron chi connectivity index (χ1n) is 5.74. The maximum atomic E-state index is 11.3. The van der Waals surface area contributed by atoms with Gasteiger partial charge in [-0.1, -0.05) is 13.8 Å². The molecule has 0 spiro atoms. The molecule has 0 aliphatic heterocycles. The normalized spacial score (nSPS) is 24.2. The molecule has 1 aliphatic rings. The van der Waals surface area contributed by atoms with E-state index in [0.29, 0.717) is 30.5 Å². The molecule has 15 heavy (non-hydrogen) atoms. The number of carbonyl (C=O) groups excluding carboxylic acids is 1. The third-order valence-electron chi connectivity index (χ3n) is 3.39. The molecular formula is C12H20O3. The summed E-state index contributed by atoms with van der Waals surface area (Å²) in [5.41, 5.74) is 0. The van der Waals surface area contributed by atoms with Crippen molar-refractivity contribution < 1.29 is 14.7 Å². The van der Waals surface area contributed by atoms with Crippen molar-refractivity contribution in [3.63, 3.8) is 0 Å². The van der Waals surface area contributed by atoms with Crippen LogP contribution in [0.4, 0.5) is 0 Å². The Morgan fingerprint density at radius 2 is 2.20 bits per heavy atom. The number of carboxylic acid groups (broad SMARTS) is 1. The number of carboxylic acids is 1. The minimum Gasteiger partial charge on any atom is -0.481 e. The van der Waals surface area contributed by atoms with Gasteiger partial charge in [0.05, 0.1) is 0 Å². The van der Waals surface area contributed by atoms with Crippen LogP contribution in [0.3, 0.4) is 0 Å². The third kappa shape index (κ3) is 3.65. The second-order valence-corrected chi connectivity index (χ2v) is 4.90. The van der Waals surface area contributed by atoms with Crippen LogP contribution in [0.2, 0.25) is 0 Å². The van der Waals surface area contributed by atoms with Gasteiger partial charge in [0.15, 0.2) is 0 Å². The Kier molecular flexibility index (Phi) is 4.30. The first-order valence-corrected chi connectivity index (χ1v) is 5.74. The molecule has 0 aromatic rings. The molecule has 0 amide bonds. The van der Waals surface area contributed by atoms with Crippen LogP contribution in [-0.4, -0.2) is 16.9 Å². The second-order valence-electron chi connectivity index (χ2n) is 4.90. The van der Waals surface area contributed by atoms with Crippen molar-refractivity contribution in [2.75, 3.05) is 0 Å². The standard InChI is InChI=1S/C12H20O3/c1-8(2)11(7-12(14)15)9-4-3-5-10(13)6-9/h8-9,11H,3-7H2,1-2H3,(H,14,15)/t9?,11-/m1/s1. The van der Waals surface area contributed by atoms with E-state index in [4.69, 9.17) is 5.11 Å². The fourth-order valence-corrected chi connectivity index (χ4v) is 2.57. The van der Waals surface area contributed by atoms with E-state index in [2.05, 4.69) is 0 Å². The zero-order valence-electron chi connectivity index (χ0n) is 9.53. The molecule has 1 saturated carbocycles. The summed E-state index contributed by atoms with van der Waals surface area (Å²) in [5.74, 6) is 0.361. The van der Waals surface area contributed by atoms with Gasteiger partial charge in [-0.25, -0.2) is 0 Å². The van der Waals surface area contributed by atoms with Crippen LogP contribution in [0.15, 0.2) is 0 Å². The molecule has 1 unspecified atom stereocenters. The lowest BCUT2D eigenvalue weighted by molar-refractivity contribution is -0.139. The quantitative estimate of drug-likeness (QED) is 0.779. The Balaban J connectivity index is 2.61. The van der Waals surface area contributed by atoms with E-state index < -0.39 is 5.97 Å². The highest BCUT2D eigenvalue weighted by Gasteiger charge is 2.30. The highest BCUT2D eigenvalue weighted by atomic mass is 16.4. The predicted octanol–water partition coefficient (Wildman–Crippen LogP) is 2.49. The van der Waals surface area contributed by atoms with Crippen molar-refractivity contribution in [3.05, 3.63) is 0 Å². The number of hydrogen-bond donors (Lipinski definition) is 1. The van der Waals surface area contributed by atoms with Gasteiger partial charge in [-0.3, -0.25) is 9.59 Å². The number of ketones is 1. The van der Waals surface area contributed by atoms with E-state index in [1.54, 1.807) is 0 Å². The number of Topliss-reactive ketones (excluding diaryl/α,β-unsaturated/α-hetero) is 1. The number of rotatable bonds is 4. The van der Waals surface area contributed by atoms with Gasteiger partial charge in [0.25, 0.3) is 0 Å². The molecule has 3 heteroatoms. The fourth-order valence-electron chi connectivity index (χ4n) is 2.57. The summed E-state index contributed by atoms with van der Waals surface area (Å²) in [6, 6.07) is 0. The monoisotopic (exact) mass is 212 g/mol. The summed E-state index contributed by atoms with van der Waals surface area (Å²) < 4.78 is 0. The summed E-state index contributed by atoms with van der Waals surface area (Å²) in [4.78, 5) is 22.1. The Bertz CT molecular complexity index is 245. The molecule has 1 N–H and O–H groups in total. The number of aliphatic carboxylic acids is 1. The Morgan fingerprint density at radius 1 is 1.53 bits per heavy atom. The summed E-state index contributed by atoms with van der Waals surface area (Å²) >= 11 is 0. The molecule has 2 atom stereocenters. The maximum absolute atomic E-state index is 11.3. The largest absolute Gasteiger partial charge is 0.481 e. The molecule has 86 valence electrons. The maximum Gasteiger partial charge on any atom is 0.303 e. The van der Waals surface area contributed by atoms with Crippen molar-refractivity contribution >= 4 is 11.8 Å². The molecule has 0 radical (unpaired) electrons. The molecule has 0 aromatic heterocycles. The van der Waals surface area contributed by atoms with E-state index in [-0.39, 0.29) is 12.3 Å². The van der Waals surface area contributed by atoms with E-state index >= 15 is 0 Å². The van der Waals surface area contributed by atoms with Gasteiger partial charge in [0.1, 0.15) is 5.78 Å². The lowest BCUT2D eigenvalue weighted by Crippen LogP contribution is -2.28. The highest BCUT2D eigenvalue weighted by Crippen LogP contribution is 2.34. The lowest BCUT2D eigenvalue weighted by atomic mass is 9.73. The summed E-state index contributed by atoms with van der Waals surface area (Å²) in [6.07, 6.45) is 3.44. The van der Waals surface area contributed by atoms with Crippen molar-refractivity contribution in [2.45, 2.75) is 46.0 Å². The van der Waals surface area contributed by atoms with Gasteiger partial charge in [-0.15, -0.1) is 0 Å². The van der Waals surface area contributed by atoms with Crippen LogP contribution < -0.4 is 0 Å². The van der Waals surface area contributed by atoms with Crippen molar-refractivity contribution in [1.29, 1.82) is 0 Å². The highest BCUT2D eigenvalue weighted by molar-refractivity contribution is 5.79. The number of hydrogen-bond acceptors (Lipinski definition) is 2. The average Bonchev–Trinajstić information content (AvgIpc) is 2.13. The average molecular weight is 212 g/mol. The van der Waals surface area contributed by atoms with Crippen LogP contribution in [0.25, 0.3) is 0 Å². The van der Waals surface area contributed by atoms with E-state index in [9.17, 15) is 9.59 Å². The van der Waals surface area contributed by atoms with Gasteiger partial charge >= 0.3 is 5.97 Å². The molecular weight excluding hydrogens is 192 g/mol. The summed E-state index contributed by atoms with van der Waals surface area (Å²) in [7, 11) is 0. The number of carbonyl (C=O) groups is 2. The minimum absolute atomic E-state index is 0.159. The zero-order valence-corrected chi connectivity index (χ0v) is 9.53. The molecule has 1 fully saturated rings. The van der Waals surface area contributed by atoms with Crippen molar-refractivity contribution in [1.82, 2.24) is 0 Å². The van der Waals surface area contributed by atoms with Crippen molar-refractivity contribution in [2.24, 2.45) is 17.8 Å². The van der Waals surface area contributed by atoms with Gasteiger partial charge in [-0.2, -0.15) is 0 Å². The molecule has 1 rings (SSSR count). The molecule has 0 bridgehead atoms. The zero-order chi connectivity index (χ0) is 11.4. The van der Waals surface area contributed by atoms with E-state index in [0.717, 1.165) is 12.8 Å². The Labute approximate surface area is 90.9 Å². The summed E-state index contributed by atoms with van der Waals surface area (Å²) in [5, 5.41) is 8.84. The lowest BCUT2D eigenvalue weighted by Gasteiger charge is -2.31. The van der Waals surface area contributed by atoms with E-state index in [1.807, 2.05) is 13.8 Å². The second kappa shape index (κ2) is 5.29. The van der Waals surface area contributed by atoms with Crippen LogP contribution in [-0.2, 0) is 9.59 Å². The fraction of sp³-hybridized carbons (Fsp3) is 0.833. The van der Waals surface area contributed by atoms with Gasteiger partial charge in [0.2, 0.25) is 0 Å².